The molecule has 2 atom stereocenters. The fourth-order valence-corrected chi connectivity index (χ4v) is 7.74. The minimum absolute atomic E-state index is 0.161. The number of aryl methyl sites for hydroxylation is 2. The van der Waals surface area contributed by atoms with Crippen LogP contribution in [-0.2, 0) is 12.8 Å². The highest BCUT2D eigenvalue weighted by atomic mass is 14.4. The number of hydrogen-bond acceptors (Lipinski definition) is 0. The average Bonchev–Trinajstić information content (AvgIpc) is 3.84. The maximum atomic E-state index is 4.45. The summed E-state index contributed by atoms with van der Waals surface area (Å²) in [4.78, 5) is 0. The zero-order valence-electron chi connectivity index (χ0n) is 25.0. The van der Waals surface area contributed by atoms with E-state index in [0.717, 1.165) is 43.3 Å². The summed E-state index contributed by atoms with van der Waals surface area (Å²) >= 11 is 0. The van der Waals surface area contributed by atoms with Crippen molar-refractivity contribution in [2.45, 2.75) is 57.8 Å². The molecule has 7 rings (SSSR count). The highest BCUT2D eigenvalue weighted by Crippen LogP contribution is 2.50. The summed E-state index contributed by atoms with van der Waals surface area (Å²) in [6.45, 7) is 13.5. The second kappa shape index (κ2) is 10.9. The Morgan fingerprint density at radius 2 is 1.48 bits per heavy atom. The molecule has 4 aliphatic rings. The third-order valence-electron chi connectivity index (χ3n) is 10.1. The highest BCUT2D eigenvalue weighted by molar-refractivity contribution is 5.97. The molecule has 0 heterocycles. The number of hydrogen-bond donors (Lipinski definition) is 0. The van der Waals surface area contributed by atoms with Gasteiger partial charge in [-0.25, -0.2) is 0 Å². The molecule has 0 amide bonds. The molecule has 0 saturated carbocycles. The molecule has 208 valence electrons. The topological polar surface area (TPSA) is 0 Å². The van der Waals surface area contributed by atoms with E-state index in [9.17, 15) is 0 Å². The Hall–Kier alpha value is -4.16. The lowest BCUT2D eigenvalue weighted by atomic mass is 9.81. The second-order valence-corrected chi connectivity index (χ2v) is 12.3. The third-order valence-corrected chi connectivity index (χ3v) is 10.1. The second-order valence-electron chi connectivity index (χ2n) is 12.3. The van der Waals surface area contributed by atoms with Crippen molar-refractivity contribution >= 4 is 16.7 Å². The van der Waals surface area contributed by atoms with Gasteiger partial charge < -0.3 is 0 Å². The van der Waals surface area contributed by atoms with Crippen molar-refractivity contribution in [1.29, 1.82) is 0 Å². The van der Waals surface area contributed by atoms with Crippen molar-refractivity contribution in [3.05, 3.63) is 172 Å². The van der Waals surface area contributed by atoms with Crippen molar-refractivity contribution in [1.82, 2.24) is 0 Å². The van der Waals surface area contributed by atoms with Crippen LogP contribution in [0.15, 0.2) is 133 Å². The van der Waals surface area contributed by atoms with Gasteiger partial charge in [0, 0.05) is 11.8 Å². The fraction of sp³-hybridized carbons (Fsp3) is 0.238. The first-order valence-corrected chi connectivity index (χ1v) is 15.7. The van der Waals surface area contributed by atoms with Gasteiger partial charge in [0.05, 0.1) is 0 Å². The fourth-order valence-electron chi connectivity index (χ4n) is 7.74. The maximum Gasteiger partial charge on any atom is 0.0340 e. The molecule has 0 nitrogen and oxygen atoms in total. The van der Waals surface area contributed by atoms with Crippen LogP contribution < -0.4 is 0 Å². The first kappa shape index (κ1) is 26.7. The number of fused-ring (bicyclic) bond motifs is 1. The Balaban J connectivity index is 1.16. The van der Waals surface area contributed by atoms with E-state index in [1.807, 2.05) is 0 Å². The summed E-state index contributed by atoms with van der Waals surface area (Å²) in [7, 11) is 0. The Morgan fingerprint density at radius 3 is 2.14 bits per heavy atom. The largest absolute Gasteiger partial charge is 0.0942 e. The minimum Gasteiger partial charge on any atom is -0.0942 e. The van der Waals surface area contributed by atoms with Gasteiger partial charge >= 0.3 is 0 Å². The van der Waals surface area contributed by atoms with Gasteiger partial charge in [0.2, 0.25) is 0 Å². The van der Waals surface area contributed by atoms with E-state index in [4.69, 9.17) is 0 Å². The van der Waals surface area contributed by atoms with E-state index >= 15 is 0 Å². The lowest BCUT2D eigenvalue weighted by Gasteiger charge is -2.23. The standard InChI is InChI=1S/C42H40/c1-5-29-15-21-35(23-30(29)6-2)40-25-37(31-11-7-8-12-31)26-41(40)36-22-20-34(24-36)32-16-18-33(19-17-32)42-27(3)38-13-9-10-14-39(38)28(42)4/h7-11,13-21,23-24,26,40-42H,3-6,12,22,25H2,1-2H3. The molecule has 4 aliphatic carbocycles. The van der Waals surface area contributed by atoms with Crippen LogP contribution in [0.2, 0.25) is 0 Å². The van der Waals surface area contributed by atoms with Crippen molar-refractivity contribution in [2.75, 3.05) is 0 Å². The molecule has 2 unspecified atom stereocenters. The van der Waals surface area contributed by atoms with Gasteiger partial charge in [-0.1, -0.05) is 136 Å². The van der Waals surface area contributed by atoms with E-state index in [-0.39, 0.29) is 5.92 Å². The Morgan fingerprint density at radius 1 is 0.762 bits per heavy atom. The zero-order valence-corrected chi connectivity index (χ0v) is 25.0. The summed E-state index contributed by atoms with van der Waals surface area (Å²) in [5.74, 6) is 1.10. The third kappa shape index (κ3) is 4.54. The quantitative estimate of drug-likeness (QED) is 0.277. The maximum absolute atomic E-state index is 4.45. The Kier molecular flexibility index (Phi) is 6.95. The highest BCUT2D eigenvalue weighted by Gasteiger charge is 2.34. The van der Waals surface area contributed by atoms with E-state index in [1.165, 1.54) is 50.1 Å². The molecule has 3 aromatic carbocycles. The van der Waals surface area contributed by atoms with Crippen LogP contribution in [0.1, 0.15) is 83.9 Å². The van der Waals surface area contributed by atoms with Crippen molar-refractivity contribution < 1.29 is 0 Å². The molecule has 3 aromatic rings. The lowest BCUT2D eigenvalue weighted by molar-refractivity contribution is 0.599. The normalized spacial score (nSPS) is 21.5. The Labute approximate surface area is 251 Å². The molecule has 0 bridgehead atoms. The minimum atomic E-state index is 0.161. The first-order valence-electron chi connectivity index (χ1n) is 15.7. The van der Waals surface area contributed by atoms with Gasteiger partial charge in [-0.2, -0.15) is 0 Å². The van der Waals surface area contributed by atoms with Crippen LogP contribution in [0.4, 0.5) is 0 Å². The van der Waals surface area contributed by atoms with Crippen molar-refractivity contribution in [3.63, 3.8) is 0 Å². The lowest BCUT2D eigenvalue weighted by Crippen LogP contribution is -2.09. The van der Waals surface area contributed by atoms with Gasteiger partial charge in [0.25, 0.3) is 0 Å². The summed E-state index contributed by atoms with van der Waals surface area (Å²) < 4.78 is 0. The molecule has 0 N–H and O–H groups in total. The van der Waals surface area contributed by atoms with Crippen LogP contribution in [0.25, 0.3) is 16.7 Å². The van der Waals surface area contributed by atoms with E-state index in [0.29, 0.717) is 11.8 Å². The SMILES string of the molecule is C=C1c2ccccc2C(=C)C1c1ccc(C2=CCC(C3C=C(C4=CC=CC4)CC3c3ccc(CC)c(CC)c3)=C2)cc1. The number of rotatable bonds is 7. The van der Waals surface area contributed by atoms with Crippen LogP contribution in [0, 0.1) is 5.92 Å². The Bertz CT molecular complexity index is 1710. The smallest absolute Gasteiger partial charge is 0.0340 e. The number of allylic oxidation sites excluding steroid dienone is 12. The molecule has 0 saturated heterocycles. The predicted molar refractivity (Wildman–Crippen MR) is 180 cm³/mol. The van der Waals surface area contributed by atoms with Gasteiger partial charge in [-0.15, -0.1) is 0 Å². The molecule has 0 aliphatic heterocycles. The summed E-state index contributed by atoms with van der Waals surface area (Å²) in [5.41, 5.74) is 17.8. The molecule has 0 spiro atoms. The van der Waals surface area contributed by atoms with Gasteiger partial charge in [-0.05, 0) is 105 Å². The van der Waals surface area contributed by atoms with Gasteiger partial charge in [0.15, 0.2) is 0 Å². The van der Waals surface area contributed by atoms with Gasteiger partial charge in [-0.3, -0.25) is 0 Å². The summed E-state index contributed by atoms with van der Waals surface area (Å²) in [6.07, 6.45) is 19.8. The van der Waals surface area contributed by atoms with Crippen LogP contribution in [0.3, 0.4) is 0 Å². The molecule has 0 heteroatoms. The van der Waals surface area contributed by atoms with Crippen LogP contribution in [0.5, 0.6) is 0 Å². The molecular formula is C42H40. The van der Waals surface area contributed by atoms with Crippen molar-refractivity contribution in [2.24, 2.45) is 5.92 Å². The molecule has 0 aromatic heterocycles. The number of benzene rings is 3. The van der Waals surface area contributed by atoms with E-state index in [2.05, 4.69) is 130 Å². The molecule has 0 radical (unpaired) electrons. The van der Waals surface area contributed by atoms with E-state index in [1.54, 1.807) is 11.1 Å². The predicted octanol–water partition coefficient (Wildman–Crippen LogP) is 11.0. The first-order chi connectivity index (χ1) is 20.6. The zero-order chi connectivity index (χ0) is 28.8. The van der Waals surface area contributed by atoms with Gasteiger partial charge in [0.1, 0.15) is 0 Å². The van der Waals surface area contributed by atoms with E-state index < -0.39 is 0 Å². The average molecular weight is 545 g/mol. The monoisotopic (exact) mass is 544 g/mol. The van der Waals surface area contributed by atoms with Crippen LogP contribution in [-0.4, -0.2) is 0 Å². The summed E-state index contributed by atoms with van der Waals surface area (Å²) in [6, 6.07) is 25.0. The van der Waals surface area contributed by atoms with Crippen molar-refractivity contribution in [3.8, 4) is 0 Å². The van der Waals surface area contributed by atoms with Crippen LogP contribution >= 0.6 is 0 Å². The molecule has 0 fully saturated rings. The summed E-state index contributed by atoms with van der Waals surface area (Å²) in [5, 5.41) is 0. The molecule has 42 heavy (non-hydrogen) atoms. The molecular weight excluding hydrogens is 504 g/mol.